The van der Waals surface area contributed by atoms with Gasteiger partial charge >= 0.3 is 5.69 Å². The maximum absolute atomic E-state index is 12.5. The number of halogens is 1. The van der Waals surface area contributed by atoms with Gasteiger partial charge < -0.3 is 14.6 Å². The fourth-order valence-electron chi connectivity index (χ4n) is 3.03. The zero-order valence-corrected chi connectivity index (χ0v) is 14.1. The van der Waals surface area contributed by atoms with E-state index in [9.17, 15) is 9.59 Å². The van der Waals surface area contributed by atoms with Crippen molar-refractivity contribution in [2.24, 2.45) is 0 Å². The van der Waals surface area contributed by atoms with Crippen LogP contribution in [0.2, 0.25) is 5.02 Å². The van der Waals surface area contributed by atoms with Crippen molar-refractivity contribution in [1.29, 1.82) is 0 Å². The van der Waals surface area contributed by atoms with Crippen molar-refractivity contribution in [3.8, 4) is 5.69 Å². The topological polar surface area (TPSA) is 67.3 Å². The Morgan fingerprint density at radius 2 is 1.80 bits per heavy atom. The van der Waals surface area contributed by atoms with Crippen molar-refractivity contribution < 1.29 is 9.53 Å². The summed E-state index contributed by atoms with van der Waals surface area (Å²) in [7, 11) is 0. The van der Waals surface area contributed by atoms with Crippen molar-refractivity contribution in [3.05, 3.63) is 63.5 Å². The highest BCUT2D eigenvalue weighted by atomic mass is 35.5. The first-order valence-corrected chi connectivity index (χ1v) is 8.39. The van der Waals surface area contributed by atoms with Crippen LogP contribution in [0, 0.1) is 0 Å². The Balaban J connectivity index is 1.69. The molecule has 128 valence electrons. The molecule has 25 heavy (non-hydrogen) atoms. The van der Waals surface area contributed by atoms with E-state index in [2.05, 4.69) is 4.98 Å². The van der Waals surface area contributed by atoms with Gasteiger partial charge in [0.15, 0.2) is 0 Å². The molecule has 7 heteroatoms. The number of amides is 1. The highest BCUT2D eigenvalue weighted by Crippen LogP contribution is 2.20. The number of carbonyl (C=O) groups is 1. The van der Waals surface area contributed by atoms with Gasteiger partial charge in [-0.3, -0.25) is 9.36 Å². The van der Waals surface area contributed by atoms with E-state index < -0.39 is 0 Å². The molecular weight excluding hydrogens is 342 g/mol. The number of morpholine rings is 1. The van der Waals surface area contributed by atoms with Gasteiger partial charge in [-0.2, -0.15) is 0 Å². The zero-order valence-electron chi connectivity index (χ0n) is 13.4. The molecule has 4 rings (SSSR count). The average molecular weight is 358 g/mol. The van der Waals surface area contributed by atoms with Gasteiger partial charge in [-0.25, -0.2) is 4.79 Å². The van der Waals surface area contributed by atoms with E-state index in [-0.39, 0.29) is 11.6 Å². The Kier molecular flexibility index (Phi) is 4.07. The van der Waals surface area contributed by atoms with Gasteiger partial charge in [0.25, 0.3) is 5.91 Å². The van der Waals surface area contributed by atoms with Gasteiger partial charge in [0.2, 0.25) is 0 Å². The molecule has 0 unspecified atom stereocenters. The highest BCUT2D eigenvalue weighted by molar-refractivity contribution is 6.31. The predicted octanol–water partition coefficient (Wildman–Crippen LogP) is 2.44. The van der Waals surface area contributed by atoms with Crippen molar-refractivity contribution in [2.45, 2.75) is 0 Å². The number of ether oxygens (including phenoxy) is 1. The molecule has 0 bridgehead atoms. The number of aromatic amines is 1. The summed E-state index contributed by atoms with van der Waals surface area (Å²) >= 11 is 6.05. The van der Waals surface area contributed by atoms with Crippen molar-refractivity contribution in [1.82, 2.24) is 14.5 Å². The van der Waals surface area contributed by atoms with Crippen molar-refractivity contribution >= 4 is 28.5 Å². The predicted molar refractivity (Wildman–Crippen MR) is 95.6 cm³/mol. The van der Waals surface area contributed by atoms with Crippen LogP contribution in [-0.2, 0) is 4.74 Å². The maximum atomic E-state index is 12.5. The Bertz CT molecular complexity index is 985. The van der Waals surface area contributed by atoms with Gasteiger partial charge in [-0.05, 0) is 42.5 Å². The van der Waals surface area contributed by atoms with E-state index in [1.807, 2.05) is 0 Å². The summed E-state index contributed by atoms with van der Waals surface area (Å²) in [6.07, 6.45) is 0. The highest BCUT2D eigenvalue weighted by Gasteiger charge is 2.18. The summed E-state index contributed by atoms with van der Waals surface area (Å²) in [4.78, 5) is 29.4. The van der Waals surface area contributed by atoms with E-state index in [1.165, 1.54) is 0 Å². The van der Waals surface area contributed by atoms with Crippen molar-refractivity contribution in [2.75, 3.05) is 26.3 Å². The summed E-state index contributed by atoms with van der Waals surface area (Å²) in [5, 5.41) is 0.555. The van der Waals surface area contributed by atoms with Gasteiger partial charge in [-0.1, -0.05) is 11.6 Å². The maximum Gasteiger partial charge on any atom is 0.331 e. The van der Waals surface area contributed by atoms with Crippen LogP contribution in [-0.4, -0.2) is 46.7 Å². The largest absolute Gasteiger partial charge is 0.378 e. The molecule has 0 spiro atoms. The minimum Gasteiger partial charge on any atom is -0.378 e. The fourth-order valence-corrected chi connectivity index (χ4v) is 3.20. The first-order valence-electron chi connectivity index (χ1n) is 8.01. The molecule has 1 N–H and O–H groups in total. The molecule has 1 saturated heterocycles. The number of nitrogens with zero attached hydrogens (tertiary/aromatic N) is 2. The monoisotopic (exact) mass is 357 g/mol. The molecule has 6 nitrogen and oxygen atoms in total. The normalized spacial score (nSPS) is 14.8. The third kappa shape index (κ3) is 2.94. The van der Waals surface area contributed by atoms with Crippen LogP contribution in [0.5, 0.6) is 0 Å². The standard InChI is InChI=1S/C18H16ClN3O3/c19-13-3-6-15-16(11-13)22(18(24)20-15)14-4-1-12(2-5-14)17(23)21-7-9-25-10-8-21/h1-6,11H,7-10H2,(H,20,24). The second-order valence-corrected chi connectivity index (χ2v) is 6.31. The summed E-state index contributed by atoms with van der Waals surface area (Å²) in [5.41, 5.74) is 2.44. The molecule has 0 atom stereocenters. The number of imidazole rings is 1. The molecule has 0 radical (unpaired) electrons. The molecule has 1 aliphatic rings. The lowest BCUT2D eigenvalue weighted by molar-refractivity contribution is 0.0303. The molecular formula is C18H16ClN3O3. The Hall–Kier alpha value is -2.57. The molecule has 2 aromatic carbocycles. The van der Waals surface area contributed by atoms with Gasteiger partial charge in [0, 0.05) is 23.7 Å². The Morgan fingerprint density at radius 1 is 1.08 bits per heavy atom. The number of nitrogens with one attached hydrogen (secondary N) is 1. The van der Waals surface area contributed by atoms with Crippen LogP contribution in [0.25, 0.3) is 16.7 Å². The first kappa shape index (κ1) is 15.9. The number of carbonyl (C=O) groups excluding carboxylic acids is 1. The van der Waals surface area contributed by atoms with Crippen LogP contribution in [0.15, 0.2) is 47.3 Å². The molecule has 1 amide bonds. The van der Waals surface area contributed by atoms with Crippen LogP contribution in [0.4, 0.5) is 0 Å². The van der Waals surface area contributed by atoms with Crippen LogP contribution < -0.4 is 5.69 Å². The van der Waals surface area contributed by atoms with Crippen molar-refractivity contribution in [3.63, 3.8) is 0 Å². The quantitative estimate of drug-likeness (QED) is 0.766. The summed E-state index contributed by atoms with van der Waals surface area (Å²) in [6, 6.07) is 12.3. The number of fused-ring (bicyclic) bond motifs is 1. The number of aromatic nitrogens is 2. The average Bonchev–Trinajstić information content (AvgIpc) is 2.97. The van der Waals surface area contributed by atoms with Crippen LogP contribution in [0.3, 0.4) is 0 Å². The lowest BCUT2D eigenvalue weighted by Crippen LogP contribution is -2.40. The summed E-state index contributed by atoms with van der Waals surface area (Å²) in [6.45, 7) is 2.33. The number of benzene rings is 2. The fraction of sp³-hybridized carbons (Fsp3) is 0.222. The Labute approximate surface area is 148 Å². The Morgan fingerprint density at radius 3 is 2.52 bits per heavy atom. The van der Waals surface area contributed by atoms with E-state index in [0.717, 1.165) is 0 Å². The molecule has 1 aromatic heterocycles. The van der Waals surface area contributed by atoms with E-state index >= 15 is 0 Å². The number of rotatable bonds is 2. The zero-order chi connectivity index (χ0) is 17.4. The molecule has 2 heterocycles. The van der Waals surface area contributed by atoms with E-state index in [1.54, 1.807) is 51.9 Å². The number of H-pyrrole nitrogens is 1. The van der Waals surface area contributed by atoms with Gasteiger partial charge in [0.1, 0.15) is 0 Å². The van der Waals surface area contributed by atoms with Gasteiger partial charge in [0.05, 0.1) is 29.9 Å². The lowest BCUT2D eigenvalue weighted by Gasteiger charge is -2.26. The van der Waals surface area contributed by atoms with Gasteiger partial charge in [-0.15, -0.1) is 0 Å². The molecule has 1 fully saturated rings. The second-order valence-electron chi connectivity index (χ2n) is 5.88. The van der Waals surface area contributed by atoms with E-state index in [0.29, 0.717) is 53.6 Å². The number of hydrogen-bond donors (Lipinski definition) is 1. The minimum absolute atomic E-state index is 0.0239. The molecule has 1 aliphatic heterocycles. The van der Waals surface area contributed by atoms with Crippen LogP contribution in [0.1, 0.15) is 10.4 Å². The lowest BCUT2D eigenvalue weighted by atomic mass is 10.1. The minimum atomic E-state index is -0.246. The summed E-state index contributed by atoms with van der Waals surface area (Å²) in [5.74, 6) is -0.0239. The number of hydrogen-bond acceptors (Lipinski definition) is 3. The first-order chi connectivity index (χ1) is 12.1. The SMILES string of the molecule is O=C(c1ccc(-n2c(=O)[nH]c3ccc(Cl)cc32)cc1)N1CCOCC1. The molecule has 0 saturated carbocycles. The third-order valence-electron chi connectivity index (χ3n) is 4.32. The van der Waals surface area contributed by atoms with E-state index in [4.69, 9.17) is 16.3 Å². The summed E-state index contributed by atoms with van der Waals surface area (Å²) < 4.78 is 6.82. The van der Waals surface area contributed by atoms with Crippen LogP contribution >= 0.6 is 11.6 Å². The smallest absolute Gasteiger partial charge is 0.331 e. The molecule has 3 aromatic rings. The molecule has 0 aliphatic carbocycles. The third-order valence-corrected chi connectivity index (χ3v) is 4.55. The second kappa shape index (κ2) is 6.38.